The third-order valence-electron chi connectivity index (χ3n) is 2.05. The zero-order chi connectivity index (χ0) is 8.77. The predicted molar refractivity (Wildman–Crippen MR) is 48.2 cm³/mol. The lowest BCUT2D eigenvalue weighted by Gasteiger charge is -1.99. The van der Waals surface area contributed by atoms with Crippen LogP contribution >= 0.6 is 0 Å². The molecule has 2 radical (unpaired) electrons. The second kappa shape index (κ2) is 2.36. The summed E-state index contributed by atoms with van der Waals surface area (Å²) >= 11 is 0. The molecule has 1 heterocycles. The zero-order valence-corrected chi connectivity index (χ0v) is 7.26. The van der Waals surface area contributed by atoms with Gasteiger partial charge in [-0.15, -0.1) is 0 Å². The Morgan fingerprint density at radius 2 is 2.00 bits per heavy atom. The molecule has 0 bridgehead atoms. The van der Waals surface area contributed by atoms with Crippen LogP contribution in [0.3, 0.4) is 0 Å². The molecule has 0 aromatic heterocycles. The summed E-state index contributed by atoms with van der Waals surface area (Å²) < 4.78 is 22.4. The highest BCUT2D eigenvalue weighted by molar-refractivity contribution is 7.90. The molecule has 0 saturated heterocycles. The fraction of sp³-hybridized carbons (Fsp3) is 0.250. The van der Waals surface area contributed by atoms with Gasteiger partial charge < -0.3 is 0 Å². The van der Waals surface area contributed by atoms with Gasteiger partial charge in [0.1, 0.15) is 7.85 Å². The van der Waals surface area contributed by atoms with Crippen molar-refractivity contribution in [2.75, 3.05) is 0 Å². The van der Waals surface area contributed by atoms with Gasteiger partial charge in [-0.3, -0.25) is 0 Å². The van der Waals surface area contributed by atoms with Gasteiger partial charge in [-0.2, -0.15) is 0 Å². The fourth-order valence-electron chi connectivity index (χ4n) is 1.47. The normalized spacial score (nSPS) is 19.0. The van der Waals surface area contributed by atoms with E-state index in [1.54, 1.807) is 12.1 Å². The van der Waals surface area contributed by atoms with Gasteiger partial charge in [0.25, 0.3) is 0 Å². The molecule has 0 unspecified atom stereocenters. The molecule has 60 valence electrons. The summed E-state index contributed by atoms with van der Waals surface area (Å²) in [5.74, 6) is 0.252. The van der Waals surface area contributed by atoms with Crippen molar-refractivity contribution in [3.8, 4) is 0 Å². The molecule has 0 N–H and O–H groups in total. The van der Waals surface area contributed by atoms with Gasteiger partial charge in [0, 0.05) is 0 Å². The van der Waals surface area contributed by atoms with Gasteiger partial charge >= 0.3 is 0 Å². The van der Waals surface area contributed by atoms with Crippen LogP contribution in [0.25, 0.3) is 0 Å². The molecule has 1 aliphatic rings. The van der Waals surface area contributed by atoms with Crippen LogP contribution in [0.15, 0.2) is 18.2 Å². The number of benzene rings is 1. The van der Waals surface area contributed by atoms with Crippen molar-refractivity contribution < 1.29 is 8.42 Å². The molecule has 1 aromatic carbocycles. The first-order valence-corrected chi connectivity index (χ1v) is 5.47. The molecule has 2 rings (SSSR count). The molecular weight excluding hydrogens is 171 g/mol. The van der Waals surface area contributed by atoms with Crippen LogP contribution in [0.1, 0.15) is 11.1 Å². The minimum atomic E-state index is -2.91. The number of fused-ring (bicyclic) bond motifs is 1. The average molecular weight is 178 g/mol. The van der Waals surface area contributed by atoms with Crippen LogP contribution in [-0.2, 0) is 21.3 Å². The third kappa shape index (κ3) is 1.16. The second-order valence-corrected chi connectivity index (χ2v) is 5.08. The molecule has 0 fully saturated rings. The Morgan fingerprint density at radius 1 is 1.25 bits per heavy atom. The van der Waals surface area contributed by atoms with Gasteiger partial charge in [0.2, 0.25) is 0 Å². The molecule has 0 amide bonds. The van der Waals surface area contributed by atoms with Crippen molar-refractivity contribution in [3.05, 3.63) is 29.3 Å². The van der Waals surface area contributed by atoms with E-state index in [2.05, 4.69) is 0 Å². The van der Waals surface area contributed by atoms with E-state index in [0.717, 1.165) is 11.1 Å². The number of rotatable bonds is 0. The molecule has 0 aliphatic carbocycles. The summed E-state index contributed by atoms with van der Waals surface area (Å²) in [6, 6.07) is 5.34. The lowest BCUT2D eigenvalue weighted by atomic mass is 9.89. The largest absolute Gasteiger partial charge is 0.228 e. The van der Waals surface area contributed by atoms with E-state index in [0.29, 0.717) is 5.46 Å². The highest BCUT2D eigenvalue weighted by atomic mass is 32.2. The monoisotopic (exact) mass is 178 g/mol. The van der Waals surface area contributed by atoms with E-state index in [1.165, 1.54) is 0 Å². The van der Waals surface area contributed by atoms with Crippen LogP contribution < -0.4 is 5.46 Å². The first-order valence-electron chi connectivity index (χ1n) is 3.65. The quantitative estimate of drug-likeness (QED) is 0.520. The van der Waals surface area contributed by atoms with Crippen molar-refractivity contribution in [2.45, 2.75) is 11.5 Å². The minimum Gasteiger partial charge on any atom is -0.228 e. The topological polar surface area (TPSA) is 34.1 Å². The lowest BCUT2D eigenvalue weighted by molar-refractivity contribution is 0.598. The van der Waals surface area contributed by atoms with Crippen LogP contribution in [0.4, 0.5) is 0 Å². The smallest absolute Gasteiger partial charge is 0.158 e. The maximum absolute atomic E-state index is 11.2. The van der Waals surface area contributed by atoms with Crippen molar-refractivity contribution >= 4 is 23.1 Å². The number of hydrogen-bond donors (Lipinski definition) is 0. The first-order chi connectivity index (χ1) is 5.58. The summed E-state index contributed by atoms with van der Waals surface area (Å²) in [7, 11) is 2.72. The maximum Gasteiger partial charge on any atom is 0.158 e. The van der Waals surface area contributed by atoms with Crippen molar-refractivity contribution in [1.82, 2.24) is 0 Å². The van der Waals surface area contributed by atoms with Crippen molar-refractivity contribution in [3.63, 3.8) is 0 Å². The Kier molecular flexibility index (Phi) is 1.55. The summed E-state index contributed by atoms with van der Waals surface area (Å²) in [5, 5.41) is 0. The van der Waals surface area contributed by atoms with Gasteiger partial charge in [-0.1, -0.05) is 23.7 Å². The van der Waals surface area contributed by atoms with Crippen molar-refractivity contribution in [2.24, 2.45) is 0 Å². The summed E-state index contributed by atoms with van der Waals surface area (Å²) in [5.41, 5.74) is 2.24. The minimum absolute atomic E-state index is 0.106. The Bertz CT molecular complexity index is 423. The predicted octanol–water partition coefficient (Wildman–Crippen LogP) is -0.0912. The molecule has 2 nitrogen and oxygen atoms in total. The Morgan fingerprint density at radius 3 is 2.67 bits per heavy atom. The Labute approximate surface area is 72.9 Å². The molecule has 1 aromatic rings. The molecule has 0 atom stereocenters. The number of hydrogen-bond acceptors (Lipinski definition) is 2. The first kappa shape index (κ1) is 7.86. The van der Waals surface area contributed by atoms with Gasteiger partial charge in [-0.25, -0.2) is 8.42 Å². The second-order valence-electron chi connectivity index (χ2n) is 3.02. The molecule has 0 saturated carbocycles. The van der Waals surface area contributed by atoms with Crippen LogP contribution in [0.2, 0.25) is 0 Å². The SMILES string of the molecule is [B]c1cccc2c1CS(=O)(=O)C2. The van der Waals surface area contributed by atoms with Gasteiger partial charge in [-0.05, 0) is 11.1 Å². The van der Waals surface area contributed by atoms with Crippen LogP contribution in [0.5, 0.6) is 0 Å². The molecular formula is C8H7BO2S. The molecule has 12 heavy (non-hydrogen) atoms. The zero-order valence-electron chi connectivity index (χ0n) is 6.45. The molecule has 0 spiro atoms. The third-order valence-corrected chi connectivity index (χ3v) is 3.53. The molecule has 4 heteroatoms. The fourth-order valence-corrected chi connectivity index (χ4v) is 3.11. The van der Waals surface area contributed by atoms with E-state index in [4.69, 9.17) is 7.85 Å². The summed E-state index contributed by atoms with van der Waals surface area (Å²) in [4.78, 5) is 0. The highest BCUT2D eigenvalue weighted by Gasteiger charge is 2.24. The van der Waals surface area contributed by atoms with E-state index in [1.807, 2.05) is 6.07 Å². The van der Waals surface area contributed by atoms with Crippen LogP contribution in [-0.4, -0.2) is 16.3 Å². The summed E-state index contributed by atoms with van der Waals surface area (Å²) in [6.45, 7) is 0. The maximum atomic E-state index is 11.2. The van der Waals surface area contributed by atoms with Crippen LogP contribution in [0, 0.1) is 0 Å². The van der Waals surface area contributed by atoms with Gasteiger partial charge in [0.15, 0.2) is 9.84 Å². The van der Waals surface area contributed by atoms with E-state index >= 15 is 0 Å². The van der Waals surface area contributed by atoms with E-state index in [9.17, 15) is 8.42 Å². The van der Waals surface area contributed by atoms with Crippen molar-refractivity contribution in [1.29, 1.82) is 0 Å². The van der Waals surface area contributed by atoms with E-state index < -0.39 is 9.84 Å². The van der Waals surface area contributed by atoms with Gasteiger partial charge in [0.05, 0.1) is 11.5 Å². The summed E-state index contributed by atoms with van der Waals surface area (Å²) in [6.07, 6.45) is 0. The Hall–Kier alpha value is -0.765. The average Bonchev–Trinajstić information content (AvgIpc) is 2.25. The number of sulfone groups is 1. The standard InChI is InChI=1S/C8H7BO2S/c9-8-3-1-2-6-4-12(10,11)5-7(6)8/h1-3H,4-5H2. The Balaban J connectivity index is 2.63. The lowest BCUT2D eigenvalue weighted by Crippen LogP contribution is -2.09. The highest BCUT2D eigenvalue weighted by Crippen LogP contribution is 2.22. The van der Waals surface area contributed by atoms with E-state index in [-0.39, 0.29) is 11.5 Å². The molecule has 1 aliphatic heterocycles.